The highest BCUT2D eigenvalue weighted by Crippen LogP contribution is 2.45. The van der Waals surface area contributed by atoms with Crippen LogP contribution in [0.2, 0.25) is 0 Å². The molecule has 0 spiro atoms. The van der Waals surface area contributed by atoms with Gasteiger partial charge in [0.2, 0.25) is 0 Å². The summed E-state index contributed by atoms with van der Waals surface area (Å²) in [5.41, 5.74) is 5.14. The molecule has 0 heteroatoms. The van der Waals surface area contributed by atoms with Crippen molar-refractivity contribution in [3.8, 4) is 33.4 Å². The van der Waals surface area contributed by atoms with Crippen molar-refractivity contribution in [3.63, 3.8) is 0 Å². The lowest BCUT2D eigenvalue weighted by atomic mass is 9.84. The molecular formula is C40H26. The van der Waals surface area contributed by atoms with Crippen LogP contribution in [0, 0.1) is 0 Å². The van der Waals surface area contributed by atoms with Crippen LogP contribution in [0.5, 0.6) is 0 Å². The van der Waals surface area contributed by atoms with Crippen molar-refractivity contribution in [1.82, 2.24) is 0 Å². The fraction of sp³-hybridized carbons (Fsp3) is 0. The quantitative estimate of drug-likeness (QED) is 0.206. The first-order valence-electron chi connectivity index (χ1n) is 16.8. The third-order valence-electron chi connectivity index (χ3n) is 7.73. The zero-order valence-corrected chi connectivity index (χ0v) is 21.5. The van der Waals surface area contributed by atoms with Crippen molar-refractivity contribution in [1.29, 1.82) is 0 Å². The summed E-state index contributed by atoms with van der Waals surface area (Å²) in [5.74, 6) is 0. The molecule has 0 radical (unpaired) electrons. The largest absolute Gasteiger partial charge is 0.0629 e. The first-order chi connectivity index (χ1) is 22.8. The first-order valence-corrected chi connectivity index (χ1v) is 13.3. The molecule has 8 aromatic carbocycles. The zero-order chi connectivity index (χ0) is 32.6. The molecule has 0 atom stereocenters. The van der Waals surface area contributed by atoms with E-state index in [9.17, 15) is 0 Å². The molecule has 0 amide bonds. The Morgan fingerprint density at radius 2 is 0.925 bits per heavy atom. The van der Waals surface area contributed by atoms with Crippen LogP contribution in [0.4, 0.5) is 0 Å². The number of fused-ring (bicyclic) bond motifs is 4. The van der Waals surface area contributed by atoms with Gasteiger partial charge >= 0.3 is 0 Å². The van der Waals surface area contributed by atoms with Gasteiger partial charge < -0.3 is 0 Å². The van der Waals surface area contributed by atoms with Crippen LogP contribution in [-0.2, 0) is 0 Å². The first kappa shape index (κ1) is 16.7. The monoisotopic (exact) mass is 513 g/mol. The summed E-state index contributed by atoms with van der Waals surface area (Å²) in [6, 6.07) is 36.4. The Hall–Kier alpha value is -5.20. The molecule has 0 aliphatic carbocycles. The minimum Gasteiger partial charge on any atom is -0.0622 e. The standard InChI is InChI=1S/C40H26/c1-2-11-27(12-3-1)30-23-21-28-22-24-31(26-32(28)25-30)39-35-16-6-8-18-37(35)40(38-19-9-7-17-36(38)39)34-20-10-14-29-13-4-5-15-33(29)34/h1-26H/i4D,5D,10D,13D,14D,15D,20D. The molecule has 0 fully saturated rings. The molecule has 0 unspecified atom stereocenters. The summed E-state index contributed by atoms with van der Waals surface area (Å²) in [6.07, 6.45) is 0. The van der Waals surface area contributed by atoms with E-state index in [-0.39, 0.29) is 46.5 Å². The Bertz CT molecular complexity index is 2530. The number of hydrogen-bond donors (Lipinski definition) is 0. The predicted octanol–water partition coefficient (Wildman–Crippen LogP) is 11.3. The van der Waals surface area contributed by atoms with E-state index in [1.807, 2.05) is 66.7 Å². The Morgan fingerprint density at radius 3 is 1.65 bits per heavy atom. The smallest absolute Gasteiger partial charge is 0.0622 e. The van der Waals surface area contributed by atoms with Gasteiger partial charge in [0, 0.05) is 0 Å². The number of rotatable bonds is 3. The van der Waals surface area contributed by atoms with Gasteiger partial charge in [-0.1, -0.05) is 145 Å². The van der Waals surface area contributed by atoms with Crippen LogP contribution in [0.15, 0.2) is 158 Å². The van der Waals surface area contributed by atoms with E-state index in [0.717, 1.165) is 54.6 Å². The molecule has 0 saturated carbocycles. The van der Waals surface area contributed by atoms with Gasteiger partial charge in [0.1, 0.15) is 0 Å². The van der Waals surface area contributed by atoms with Crippen molar-refractivity contribution in [2.75, 3.05) is 0 Å². The van der Waals surface area contributed by atoms with Gasteiger partial charge in [-0.15, -0.1) is 0 Å². The van der Waals surface area contributed by atoms with E-state index in [1.165, 1.54) is 0 Å². The molecule has 0 saturated heterocycles. The van der Waals surface area contributed by atoms with E-state index >= 15 is 0 Å². The second-order valence-corrected chi connectivity index (χ2v) is 9.98. The van der Waals surface area contributed by atoms with Crippen LogP contribution in [0.25, 0.3) is 76.5 Å². The molecule has 0 N–H and O–H groups in total. The second kappa shape index (κ2) is 9.22. The average Bonchev–Trinajstić information content (AvgIpc) is 3.11. The lowest BCUT2D eigenvalue weighted by Gasteiger charge is -2.19. The van der Waals surface area contributed by atoms with E-state index in [1.54, 1.807) is 0 Å². The maximum Gasteiger partial charge on any atom is 0.0629 e. The van der Waals surface area contributed by atoms with Crippen molar-refractivity contribution in [3.05, 3.63) is 158 Å². The van der Waals surface area contributed by atoms with Crippen LogP contribution < -0.4 is 0 Å². The highest BCUT2D eigenvalue weighted by molar-refractivity contribution is 6.23. The molecule has 186 valence electrons. The van der Waals surface area contributed by atoms with Gasteiger partial charge in [-0.25, -0.2) is 0 Å². The highest BCUT2D eigenvalue weighted by Gasteiger charge is 2.18. The molecular weight excluding hydrogens is 480 g/mol. The number of hydrogen-bond acceptors (Lipinski definition) is 0. The Balaban J connectivity index is 1.50. The molecule has 0 heterocycles. The SMILES string of the molecule is [2H]c1c([2H])c([2H])c2c(-c3c4ccccc4c(-c4ccc5ccc(-c6ccccc6)cc5c4)c4ccccc34)c([2H])c([2H])c([2H])c2c1[2H]. The van der Waals surface area contributed by atoms with Crippen LogP contribution in [0.3, 0.4) is 0 Å². The van der Waals surface area contributed by atoms with Gasteiger partial charge in [-0.2, -0.15) is 0 Å². The molecule has 0 aromatic heterocycles. The summed E-state index contributed by atoms with van der Waals surface area (Å²) < 4.78 is 60.8. The highest BCUT2D eigenvalue weighted by atomic mass is 14.2. The van der Waals surface area contributed by atoms with E-state index in [0.29, 0.717) is 5.56 Å². The topological polar surface area (TPSA) is 0 Å². The molecule has 8 rings (SSSR count). The lowest BCUT2D eigenvalue weighted by molar-refractivity contribution is 1.64. The van der Waals surface area contributed by atoms with E-state index in [4.69, 9.17) is 9.60 Å². The van der Waals surface area contributed by atoms with Crippen molar-refractivity contribution < 1.29 is 9.60 Å². The van der Waals surface area contributed by atoms with Crippen molar-refractivity contribution >= 4 is 43.1 Å². The van der Waals surface area contributed by atoms with Crippen LogP contribution >= 0.6 is 0 Å². The maximum atomic E-state index is 9.14. The fourth-order valence-electron chi connectivity index (χ4n) is 5.92. The van der Waals surface area contributed by atoms with Crippen LogP contribution in [0.1, 0.15) is 9.60 Å². The van der Waals surface area contributed by atoms with Gasteiger partial charge in [-0.3, -0.25) is 0 Å². The van der Waals surface area contributed by atoms with E-state index in [2.05, 4.69) is 48.5 Å². The summed E-state index contributed by atoms with van der Waals surface area (Å²) in [4.78, 5) is 0. The van der Waals surface area contributed by atoms with Gasteiger partial charge in [0.25, 0.3) is 0 Å². The van der Waals surface area contributed by atoms with Crippen LogP contribution in [-0.4, -0.2) is 0 Å². The van der Waals surface area contributed by atoms with Crippen molar-refractivity contribution in [2.45, 2.75) is 0 Å². The predicted molar refractivity (Wildman–Crippen MR) is 173 cm³/mol. The van der Waals surface area contributed by atoms with E-state index < -0.39 is 12.1 Å². The van der Waals surface area contributed by atoms with Gasteiger partial charge in [-0.05, 0) is 88.6 Å². The molecule has 0 aliphatic heterocycles. The lowest BCUT2D eigenvalue weighted by Crippen LogP contribution is -1.91. The zero-order valence-electron chi connectivity index (χ0n) is 28.5. The van der Waals surface area contributed by atoms with Gasteiger partial charge in [0.05, 0.1) is 9.60 Å². The molecule has 0 nitrogen and oxygen atoms in total. The second-order valence-electron chi connectivity index (χ2n) is 9.98. The summed E-state index contributed by atoms with van der Waals surface area (Å²) in [5, 5.41) is 5.66. The summed E-state index contributed by atoms with van der Waals surface area (Å²) in [7, 11) is 0. The third-order valence-corrected chi connectivity index (χ3v) is 7.73. The molecule has 0 aliphatic rings. The molecule has 0 bridgehead atoms. The maximum absolute atomic E-state index is 9.14. The fourth-order valence-corrected chi connectivity index (χ4v) is 5.92. The van der Waals surface area contributed by atoms with Crippen molar-refractivity contribution in [2.24, 2.45) is 0 Å². The Morgan fingerprint density at radius 1 is 0.350 bits per heavy atom. The Kier molecular flexibility index (Phi) is 3.85. The molecule has 40 heavy (non-hydrogen) atoms. The third kappa shape index (κ3) is 3.61. The summed E-state index contributed by atoms with van der Waals surface area (Å²) >= 11 is 0. The van der Waals surface area contributed by atoms with Gasteiger partial charge in [0.15, 0.2) is 0 Å². The normalized spacial score (nSPS) is 13.9. The summed E-state index contributed by atoms with van der Waals surface area (Å²) in [6.45, 7) is 0. The number of benzene rings is 8. The average molecular weight is 514 g/mol. The molecule has 8 aromatic rings. The minimum atomic E-state index is -0.462. The minimum absolute atomic E-state index is 0.0482. The Labute approximate surface area is 243 Å².